The number of carboxylic acid groups (broad SMARTS) is 1. The van der Waals surface area contributed by atoms with Crippen molar-refractivity contribution < 1.29 is 23.1 Å². The summed E-state index contributed by atoms with van der Waals surface area (Å²) in [5, 5.41) is 14.5. The number of aryl methyl sites for hydroxylation is 2. The van der Waals surface area contributed by atoms with Crippen molar-refractivity contribution >= 4 is 27.3 Å². The van der Waals surface area contributed by atoms with E-state index in [1.165, 1.54) is 12.5 Å². The van der Waals surface area contributed by atoms with Crippen LogP contribution in [0.5, 0.6) is 5.88 Å². The number of nitrogens with one attached hydrogen (secondary N) is 1. The zero-order valence-corrected chi connectivity index (χ0v) is 14.5. The standard InChI is InChI=1S/C13H17N3O5S2/c1-4-10-9(12(21-3)16(2)15-10)6-14-23(19,20)8-5-11(13(17)18)22-7-8/h5,7,14H,4,6H2,1-3H3,(H,17,18). The van der Waals surface area contributed by atoms with Crippen molar-refractivity contribution in [1.29, 1.82) is 0 Å². The molecule has 0 aliphatic rings. The molecule has 0 bridgehead atoms. The number of sulfonamides is 1. The summed E-state index contributed by atoms with van der Waals surface area (Å²) in [6.07, 6.45) is 0.635. The fourth-order valence-corrected chi connectivity index (χ4v) is 4.25. The summed E-state index contributed by atoms with van der Waals surface area (Å²) in [6.45, 7) is 1.93. The average molecular weight is 359 g/mol. The molecule has 0 amide bonds. The number of methoxy groups -OCH3 is 1. The van der Waals surface area contributed by atoms with E-state index >= 15 is 0 Å². The molecule has 0 saturated heterocycles. The lowest BCUT2D eigenvalue weighted by Crippen LogP contribution is -2.23. The summed E-state index contributed by atoms with van der Waals surface area (Å²) >= 11 is 0.866. The second-order valence-corrected chi connectivity index (χ2v) is 7.37. The first-order valence-electron chi connectivity index (χ1n) is 6.70. The van der Waals surface area contributed by atoms with Gasteiger partial charge in [-0.2, -0.15) is 5.10 Å². The van der Waals surface area contributed by atoms with Gasteiger partial charge < -0.3 is 9.84 Å². The van der Waals surface area contributed by atoms with Crippen LogP contribution in [-0.2, 0) is 30.0 Å². The van der Waals surface area contributed by atoms with Crippen molar-refractivity contribution in [2.75, 3.05) is 7.11 Å². The number of thiophene rings is 1. The molecule has 2 rings (SSSR count). The van der Waals surface area contributed by atoms with Gasteiger partial charge in [-0.1, -0.05) is 6.92 Å². The predicted molar refractivity (Wildman–Crippen MR) is 84.4 cm³/mol. The van der Waals surface area contributed by atoms with Crippen LogP contribution in [0.1, 0.15) is 27.9 Å². The molecule has 8 nitrogen and oxygen atoms in total. The lowest BCUT2D eigenvalue weighted by Gasteiger charge is -2.07. The molecule has 2 aromatic rings. The Labute approximate surface area is 137 Å². The van der Waals surface area contributed by atoms with Gasteiger partial charge in [0, 0.05) is 19.0 Å². The molecule has 0 spiro atoms. The van der Waals surface area contributed by atoms with Gasteiger partial charge in [-0.3, -0.25) is 0 Å². The Balaban J connectivity index is 2.24. The quantitative estimate of drug-likeness (QED) is 0.769. The van der Waals surface area contributed by atoms with Crippen LogP contribution in [0.25, 0.3) is 0 Å². The molecular formula is C13H17N3O5S2. The van der Waals surface area contributed by atoms with Crippen molar-refractivity contribution in [2.45, 2.75) is 24.8 Å². The molecule has 2 heterocycles. The van der Waals surface area contributed by atoms with E-state index in [0.717, 1.165) is 23.1 Å². The van der Waals surface area contributed by atoms with Crippen molar-refractivity contribution in [2.24, 2.45) is 7.05 Å². The Morgan fingerprint density at radius 3 is 2.74 bits per heavy atom. The molecule has 0 fully saturated rings. The molecule has 10 heteroatoms. The maximum atomic E-state index is 12.3. The van der Waals surface area contributed by atoms with Crippen LogP contribution < -0.4 is 9.46 Å². The number of carboxylic acids is 1. The summed E-state index contributed by atoms with van der Waals surface area (Å²) in [5.74, 6) is -0.667. The smallest absolute Gasteiger partial charge is 0.345 e. The molecule has 0 aromatic carbocycles. The molecule has 126 valence electrons. The highest BCUT2D eigenvalue weighted by molar-refractivity contribution is 7.89. The molecule has 0 saturated carbocycles. The first-order chi connectivity index (χ1) is 10.8. The van der Waals surface area contributed by atoms with Gasteiger partial charge in [-0.05, 0) is 12.5 Å². The fraction of sp³-hybridized carbons (Fsp3) is 0.385. The minimum atomic E-state index is -3.81. The van der Waals surface area contributed by atoms with Gasteiger partial charge in [0.1, 0.15) is 4.88 Å². The minimum absolute atomic E-state index is 0.0147. The molecule has 23 heavy (non-hydrogen) atoms. The number of aromatic carboxylic acids is 1. The molecule has 0 atom stereocenters. The number of hydrogen-bond donors (Lipinski definition) is 2. The van der Waals surface area contributed by atoms with Crippen molar-refractivity contribution in [3.63, 3.8) is 0 Å². The lowest BCUT2D eigenvalue weighted by atomic mass is 10.2. The zero-order chi connectivity index (χ0) is 17.2. The number of ether oxygens (including phenoxy) is 1. The van der Waals surface area contributed by atoms with E-state index in [2.05, 4.69) is 9.82 Å². The Morgan fingerprint density at radius 1 is 1.52 bits per heavy atom. The largest absolute Gasteiger partial charge is 0.481 e. The van der Waals surface area contributed by atoms with E-state index in [1.807, 2.05) is 6.92 Å². The topological polar surface area (TPSA) is 111 Å². The first kappa shape index (κ1) is 17.4. The number of carbonyl (C=O) groups is 1. The summed E-state index contributed by atoms with van der Waals surface area (Å²) < 4.78 is 33.8. The van der Waals surface area contributed by atoms with Crippen LogP contribution in [0.4, 0.5) is 0 Å². The molecule has 0 unspecified atom stereocenters. The molecule has 0 radical (unpaired) electrons. The maximum absolute atomic E-state index is 12.3. The van der Waals surface area contributed by atoms with Crippen LogP contribution in [0.15, 0.2) is 16.3 Å². The Hall–Kier alpha value is -1.91. The summed E-state index contributed by atoms with van der Waals surface area (Å²) in [5.41, 5.74) is 1.40. The van der Waals surface area contributed by atoms with Gasteiger partial charge in [0.2, 0.25) is 15.9 Å². The van der Waals surface area contributed by atoms with Crippen molar-refractivity contribution in [3.05, 3.63) is 27.6 Å². The lowest BCUT2D eigenvalue weighted by molar-refractivity contribution is 0.0702. The fourth-order valence-electron chi connectivity index (χ4n) is 2.15. The Morgan fingerprint density at radius 2 is 2.22 bits per heavy atom. The van der Waals surface area contributed by atoms with E-state index in [9.17, 15) is 13.2 Å². The molecule has 2 N–H and O–H groups in total. The highest BCUT2D eigenvalue weighted by Crippen LogP contribution is 2.24. The average Bonchev–Trinajstić information content (AvgIpc) is 3.10. The molecule has 2 aromatic heterocycles. The third-order valence-corrected chi connectivity index (χ3v) is 5.68. The minimum Gasteiger partial charge on any atom is -0.481 e. The second-order valence-electron chi connectivity index (χ2n) is 4.69. The number of aromatic nitrogens is 2. The summed E-state index contributed by atoms with van der Waals surface area (Å²) in [4.78, 5) is 10.8. The van der Waals surface area contributed by atoms with Crippen LogP contribution >= 0.6 is 11.3 Å². The van der Waals surface area contributed by atoms with E-state index < -0.39 is 16.0 Å². The van der Waals surface area contributed by atoms with Crippen LogP contribution in [0.3, 0.4) is 0 Å². The van der Waals surface area contributed by atoms with Gasteiger partial charge in [-0.15, -0.1) is 11.3 Å². The normalized spacial score (nSPS) is 11.6. The van der Waals surface area contributed by atoms with Crippen LogP contribution in [-0.4, -0.2) is 36.4 Å². The second kappa shape index (κ2) is 6.69. The van der Waals surface area contributed by atoms with Gasteiger partial charge in [-0.25, -0.2) is 22.6 Å². The molecular weight excluding hydrogens is 342 g/mol. The van der Waals surface area contributed by atoms with Gasteiger partial charge in [0.25, 0.3) is 0 Å². The third-order valence-electron chi connectivity index (χ3n) is 3.23. The van der Waals surface area contributed by atoms with E-state index in [4.69, 9.17) is 9.84 Å². The number of rotatable bonds is 7. The highest BCUT2D eigenvalue weighted by Gasteiger charge is 2.21. The first-order valence-corrected chi connectivity index (χ1v) is 9.06. The predicted octanol–water partition coefficient (Wildman–Crippen LogP) is 1.23. The van der Waals surface area contributed by atoms with Gasteiger partial charge in [0.05, 0.1) is 23.3 Å². The number of nitrogens with zero attached hydrogens (tertiary/aromatic N) is 2. The number of hydrogen-bond acceptors (Lipinski definition) is 6. The monoisotopic (exact) mass is 359 g/mol. The maximum Gasteiger partial charge on any atom is 0.345 e. The van der Waals surface area contributed by atoms with Crippen LogP contribution in [0, 0.1) is 0 Å². The van der Waals surface area contributed by atoms with Crippen molar-refractivity contribution in [3.8, 4) is 5.88 Å². The van der Waals surface area contributed by atoms with Gasteiger partial charge >= 0.3 is 5.97 Å². The Kier molecular flexibility index (Phi) is 5.07. The SMILES string of the molecule is CCc1nn(C)c(OC)c1CNS(=O)(=O)c1csc(C(=O)O)c1. The van der Waals surface area contributed by atoms with E-state index in [0.29, 0.717) is 17.9 Å². The molecule has 0 aliphatic heterocycles. The highest BCUT2D eigenvalue weighted by atomic mass is 32.2. The Bertz CT molecular complexity index is 823. The van der Waals surface area contributed by atoms with Gasteiger partial charge in [0.15, 0.2) is 0 Å². The third kappa shape index (κ3) is 3.54. The van der Waals surface area contributed by atoms with E-state index in [1.54, 1.807) is 11.7 Å². The summed E-state index contributed by atoms with van der Waals surface area (Å²) in [7, 11) is -0.599. The van der Waals surface area contributed by atoms with Crippen LogP contribution in [0.2, 0.25) is 0 Å². The van der Waals surface area contributed by atoms with Crippen molar-refractivity contribution in [1.82, 2.24) is 14.5 Å². The zero-order valence-electron chi connectivity index (χ0n) is 12.9. The summed E-state index contributed by atoms with van der Waals surface area (Å²) in [6, 6.07) is 1.14. The molecule has 0 aliphatic carbocycles. The van der Waals surface area contributed by atoms with E-state index in [-0.39, 0.29) is 16.3 Å².